The van der Waals surface area contributed by atoms with E-state index in [0.29, 0.717) is 18.2 Å². The molecule has 15 heteroatoms. The van der Waals surface area contributed by atoms with Crippen LogP contribution in [-0.4, -0.2) is 24.2 Å². The first-order valence-electron chi connectivity index (χ1n) is 10.0. The summed E-state index contributed by atoms with van der Waals surface area (Å²) >= 11 is 0. The molecule has 4 nitrogen and oxygen atoms in total. The van der Waals surface area contributed by atoms with Crippen molar-refractivity contribution < 1.29 is 58.0 Å². The van der Waals surface area contributed by atoms with Crippen LogP contribution in [0.3, 0.4) is 0 Å². The summed E-state index contributed by atoms with van der Waals surface area (Å²) in [4.78, 5) is 12.8. The lowest BCUT2D eigenvalue weighted by Crippen LogP contribution is -2.41. The van der Waals surface area contributed by atoms with Crippen LogP contribution in [0.15, 0.2) is 18.2 Å². The van der Waals surface area contributed by atoms with Crippen LogP contribution >= 0.6 is 0 Å². The number of carbonyl (C=O) groups excluding carboxylic acids is 1. The Morgan fingerprint density at radius 2 is 1.28 bits per heavy atom. The van der Waals surface area contributed by atoms with Crippen LogP contribution in [-0.2, 0) is 21.7 Å². The average Bonchev–Trinajstić information content (AvgIpc) is 2.94. The quantitative estimate of drug-likeness (QED) is 0.308. The molecule has 0 spiro atoms. The van der Waals surface area contributed by atoms with Crippen molar-refractivity contribution in [2.24, 2.45) is 0 Å². The first-order chi connectivity index (χ1) is 16.2. The van der Waals surface area contributed by atoms with Crippen molar-refractivity contribution in [3.63, 3.8) is 0 Å². The van der Waals surface area contributed by atoms with Gasteiger partial charge in [0.1, 0.15) is 11.3 Å². The number of anilines is 1. The maximum atomic E-state index is 14.2. The Bertz CT molecular complexity index is 1180. The van der Waals surface area contributed by atoms with Crippen LogP contribution in [0, 0.1) is 23.3 Å². The summed E-state index contributed by atoms with van der Waals surface area (Å²) in [7, 11) is -1.60. The lowest BCUT2D eigenvalue weighted by molar-refractivity contribution is -0.143. The molecule has 1 saturated heterocycles. The first kappa shape index (κ1) is 27.8. The van der Waals surface area contributed by atoms with Crippen molar-refractivity contribution in [3.05, 3.63) is 58.2 Å². The van der Waals surface area contributed by atoms with Gasteiger partial charge in [-0.1, -0.05) is 0 Å². The highest BCUT2D eigenvalue weighted by atomic mass is 19.4. The lowest BCUT2D eigenvalue weighted by Gasteiger charge is -2.32. The Labute approximate surface area is 197 Å². The summed E-state index contributed by atoms with van der Waals surface area (Å²) in [5, 5.41) is 1.39. The van der Waals surface area contributed by atoms with Gasteiger partial charge in [0.2, 0.25) is 0 Å². The second kappa shape index (κ2) is 8.65. The zero-order valence-electron chi connectivity index (χ0n) is 18.8. The smallest absolute Gasteiger partial charge is 0.399 e. The molecular formula is C21H16BF10NO3. The number of halogens is 10. The highest BCUT2D eigenvalue weighted by Gasteiger charge is 2.53. The van der Waals surface area contributed by atoms with E-state index in [9.17, 15) is 48.7 Å². The van der Waals surface area contributed by atoms with Crippen molar-refractivity contribution in [2.75, 3.05) is 5.32 Å². The van der Waals surface area contributed by atoms with Gasteiger partial charge in [0.15, 0.2) is 23.3 Å². The van der Waals surface area contributed by atoms with Gasteiger partial charge in [-0.25, -0.2) is 17.6 Å². The number of alkyl halides is 6. The first-order valence-corrected chi connectivity index (χ1v) is 10.0. The molecule has 0 unspecified atom stereocenters. The molecule has 3 rings (SSSR count). The third kappa shape index (κ3) is 4.77. The van der Waals surface area contributed by atoms with Gasteiger partial charge in [-0.05, 0) is 51.4 Å². The van der Waals surface area contributed by atoms with Crippen LogP contribution in [0.5, 0.6) is 0 Å². The van der Waals surface area contributed by atoms with Gasteiger partial charge in [-0.3, -0.25) is 4.79 Å². The fraction of sp³-hybridized carbons (Fsp3) is 0.381. The van der Waals surface area contributed by atoms with Gasteiger partial charge in [0.05, 0.1) is 16.8 Å². The molecule has 1 heterocycles. The van der Waals surface area contributed by atoms with Gasteiger partial charge in [0.25, 0.3) is 5.91 Å². The molecule has 0 radical (unpaired) electrons. The van der Waals surface area contributed by atoms with Crippen LogP contribution in [0.25, 0.3) is 0 Å². The molecule has 1 aliphatic heterocycles. The molecule has 0 aromatic heterocycles. The number of nitrogens with one attached hydrogen (secondary N) is 1. The van der Waals surface area contributed by atoms with E-state index >= 15 is 0 Å². The minimum Gasteiger partial charge on any atom is -0.399 e. The zero-order chi connectivity index (χ0) is 27.6. The van der Waals surface area contributed by atoms with Crippen molar-refractivity contribution in [2.45, 2.75) is 51.2 Å². The third-order valence-electron chi connectivity index (χ3n) is 5.92. The second-order valence-electron chi connectivity index (χ2n) is 8.85. The number of hydrogen-bond acceptors (Lipinski definition) is 3. The summed E-state index contributed by atoms with van der Waals surface area (Å²) in [5.41, 5.74) is -9.51. The fourth-order valence-corrected chi connectivity index (χ4v) is 3.28. The number of hydrogen-bond donors (Lipinski definition) is 1. The molecule has 0 bridgehead atoms. The summed E-state index contributed by atoms with van der Waals surface area (Å²) in [6.07, 6.45) is -10.7. The summed E-state index contributed by atoms with van der Waals surface area (Å²) < 4.78 is 146. The van der Waals surface area contributed by atoms with E-state index in [1.54, 1.807) is 27.7 Å². The van der Waals surface area contributed by atoms with E-state index in [0.717, 1.165) is 0 Å². The zero-order valence-corrected chi connectivity index (χ0v) is 18.8. The Balaban J connectivity index is 2.11. The van der Waals surface area contributed by atoms with E-state index in [-0.39, 0.29) is 0 Å². The van der Waals surface area contributed by atoms with E-state index < -0.39 is 87.7 Å². The lowest BCUT2D eigenvalue weighted by atomic mass is 9.74. The van der Waals surface area contributed by atoms with Gasteiger partial charge in [-0.15, -0.1) is 0 Å². The minimum absolute atomic E-state index is 0.435. The van der Waals surface area contributed by atoms with E-state index in [1.807, 2.05) is 0 Å². The number of rotatable bonds is 3. The maximum absolute atomic E-state index is 14.2. The Hall–Kier alpha value is -2.81. The fourth-order valence-electron chi connectivity index (χ4n) is 3.28. The molecule has 0 atom stereocenters. The van der Waals surface area contributed by atoms with Crippen LogP contribution in [0.1, 0.15) is 49.2 Å². The molecular weight excluding hydrogens is 515 g/mol. The van der Waals surface area contributed by atoms with Gasteiger partial charge < -0.3 is 14.6 Å². The van der Waals surface area contributed by atoms with Gasteiger partial charge in [0, 0.05) is 5.56 Å². The number of benzene rings is 2. The molecule has 1 N–H and O–H groups in total. The summed E-state index contributed by atoms with van der Waals surface area (Å²) in [5.74, 6) is -12.4. The maximum Gasteiger partial charge on any atom is 0.495 e. The monoisotopic (exact) mass is 531 g/mol. The predicted octanol–water partition coefficient (Wildman–Crippen LogP) is 5.83. The third-order valence-corrected chi connectivity index (χ3v) is 5.92. The summed E-state index contributed by atoms with van der Waals surface area (Å²) in [6.45, 7) is 6.16. The van der Waals surface area contributed by atoms with E-state index in [4.69, 9.17) is 9.31 Å². The molecule has 0 saturated carbocycles. The second-order valence-corrected chi connectivity index (χ2v) is 8.85. The Morgan fingerprint density at radius 1 is 0.806 bits per heavy atom. The normalized spacial score (nSPS) is 17.4. The van der Waals surface area contributed by atoms with Crippen molar-refractivity contribution in [1.29, 1.82) is 0 Å². The van der Waals surface area contributed by atoms with Crippen LogP contribution < -0.4 is 10.8 Å². The molecule has 1 fully saturated rings. The van der Waals surface area contributed by atoms with E-state index in [1.165, 1.54) is 5.32 Å². The molecule has 2 aromatic rings. The Kier molecular flexibility index (Phi) is 6.67. The number of carbonyl (C=O) groups is 1. The summed E-state index contributed by atoms with van der Waals surface area (Å²) in [6, 6.07) is 1.49. The molecule has 36 heavy (non-hydrogen) atoms. The number of amides is 1. The van der Waals surface area contributed by atoms with Crippen molar-refractivity contribution >= 4 is 24.2 Å². The van der Waals surface area contributed by atoms with Crippen LogP contribution in [0.4, 0.5) is 49.6 Å². The predicted molar refractivity (Wildman–Crippen MR) is 106 cm³/mol. The molecule has 1 aliphatic rings. The standard InChI is InChI=1S/C21H16BF10NO3/c1-18(2)19(3,4)36-22(35-18)10-7-8(20(27,28)29)5-6-9(10)17(34)33-16-14(25)12(23)11(21(30,31)32)13(24)15(16)26/h5-7H,1-4H3,(H,33,34). The van der Waals surface area contributed by atoms with Gasteiger partial charge in [-0.2, -0.15) is 26.3 Å². The SMILES string of the molecule is CC1(C)OB(c2cc(C(F)(F)F)ccc2C(=O)Nc2c(F)c(F)c(C(F)(F)F)c(F)c2F)OC1(C)C. The highest BCUT2D eigenvalue weighted by Crippen LogP contribution is 2.40. The largest absolute Gasteiger partial charge is 0.495 e. The Morgan fingerprint density at radius 3 is 1.69 bits per heavy atom. The van der Waals surface area contributed by atoms with Crippen molar-refractivity contribution in [3.8, 4) is 0 Å². The van der Waals surface area contributed by atoms with E-state index in [2.05, 4.69) is 0 Å². The minimum atomic E-state index is -5.81. The topological polar surface area (TPSA) is 47.6 Å². The molecule has 196 valence electrons. The van der Waals surface area contributed by atoms with Crippen molar-refractivity contribution in [1.82, 2.24) is 0 Å². The average molecular weight is 531 g/mol. The molecule has 2 aromatic carbocycles. The molecule has 0 aliphatic carbocycles. The van der Waals surface area contributed by atoms with Gasteiger partial charge >= 0.3 is 19.5 Å². The highest BCUT2D eigenvalue weighted by molar-refractivity contribution is 6.64. The molecule has 1 amide bonds. The van der Waals surface area contributed by atoms with Crippen LogP contribution in [0.2, 0.25) is 0 Å².